The van der Waals surface area contributed by atoms with E-state index in [1.165, 1.54) is 11.8 Å². The van der Waals surface area contributed by atoms with Crippen molar-refractivity contribution in [3.05, 3.63) is 65.2 Å². The van der Waals surface area contributed by atoms with Gasteiger partial charge in [0, 0.05) is 6.26 Å². The van der Waals surface area contributed by atoms with E-state index in [1.54, 1.807) is 24.3 Å². The topological polar surface area (TPSA) is 63.2 Å². The van der Waals surface area contributed by atoms with Gasteiger partial charge < -0.3 is 5.32 Å². The van der Waals surface area contributed by atoms with Crippen molar-refractivity contribution in [3.8, 4) is 0 Å². The Labute approximate surface area is 156 Å². The Bertz CT molecular complexity index is 838. The van der Waals surface area contributed by atoms with Gasteiger partial charge in [0.15, 0.2) is 9.84 Å². The van der Waals surface area contributed by atoms with Crippen molar-refractivity contribution in [2.45, 2.75) is 44.6 Å². The molecule has 2 aromatic carbocycles. The minimum Gasteiger partial charge on any atom is -0.349 e. The van der Waals surface area contributed by atoms with Gasteiger partial charge >= 0.3 is 0 Å². The summed E-state index contributed by atoms with van der Waals surface area (Å²) in [7, 11) is -3.21. The number of sulfone groups is 1. The molecular formula is C21H27NO3S. The highest BCUT2D eigenvalue weighted by molar-refractivity contribution is 7.90. The van der Waals surface area contributed by atoms with Gasteiger partial charge in [-0.1, -0.05) is 50.2 Å². The van der Waals surface area contributed by atoms with Gasteiger partial charge in [0.1, 0.15) is 0 Å². The number of carbonyl (C=O) groups excluding carboxylic acids is 1. The van der Waals surface area contributed by atoms with Crippen molar-refractivity contribution in [1.82, 2.24) is 5.32 Å². The molecule has 2 aromatic rings. The first-order valence-electron chi connectivity index (χ1n) is 8.82. The van der Waals surface area contributed by atoms with Crippen LogP contribution in [-0.2, 0) is 27.5 Å². The molecule has 1 atom stereocenters. The van der Waals surface area contributed by atoms with Gasteiger partial charge in [0.05, 0.1) is 17.4 Å². The Hall–Kier alpha value is -2.14. The molecule has 2 rings (SSSR count). The fourth-order valence-corrected chi connectivity index (χ4v) is 3.46. The van der Waals surface area contributed by atoms with Gasteiger partial charge in [0.25, 0.3) is 0 Å². The summed E-state index contributed by atoms with van der Waals surface area (Å²) in [6.45, 7) is 6.26. The molecule has 0 radical (unpaired) electrons. The molecule has 0 bridgehead atoms. The van der Waals surface area contributed by atoms with Crippen molar-refractivity contribution in [2.24, 2.45) is 5.92 Å². The van der Waals surface area contributed by atoms with E-state index in [9.17, 15) is 13.2 Å². The minimum atomic E-state index is -3.21. The van der Waals surface area contributed by atoms with Crippen LogP contribution in [0.5, 0.6) is 0 Å². The third kappa shape index (κ3) is 5.99. The highest BCUT2D eigenvalue weighted by Crippen LogP contribution is 2.17. The molecule has 4 nitrogen and oxygen atoms in total. The average Bonchev–Trinajstić information content (AvgIpc) is 2.55. The molecule has 1 N–H and O–H groups in total. The summed E-state index contributed by atoms with van der Waals surface area (Å²) in [5.74, 6) is 0.556. The molecule has 140 valence electrons. The van der Waals surface area contributed by atoms with Crippen LogP contribution in [0.1, 0.15) is 43.5 Å². The minimum absolute atomic E-state index is 0.0544. The first-order chi connectivity index (χ1) is 12.1. The van der Waals surface area contributed by atoms with Gasteiger partial charge in [-0.05, 0) is 48.1 Å². The van der Waals surface area contributed by atoms with Gasteiger partial charge in [-0.3, -0.25) is 4.79 Å². The Morgan fingerprint density at radius 1 is 0.923 bits per heavy atom. The summed E-state index contributed by atoms with van der Waals surface area (Å²) in [5.41, 5.74) is 3.14. The molecule has 0 unspecified atom stereocenters. The van der Waals surface area contributed by atoms with Crippen LogP contribution in [0, 0.1) is 5.92 Å². The van der Waals surface area contributed by atoms with E-state index in [-0.39, 0.29) is 16.8 Å². The van der Waals surface area contributed by atoms with E-state index in [0.717, 1.165) is 17.5 Å². The van der Waals surface area contributed by atoms with Gasteiger partial charge in [-0.15, -0.1) is 0 Å². The molecule has 0 spiro atoms. The molecule has 0 aliphatic heterocycles. The quantitative estimate of drug-likeness (QED) is 0.805. The molecule has 0 heterocycles. The van der Waals surface area contributed by atoms with E-state index in [1.807, 2.05) is 19.1 Å². The summed E-state index contributed by atoms with van der Waals surface area (Å²) >= 11 is 0. The maximum absolute atomic E-state index is 12.3. The number of nitrogens with one attached hydrogen (secondary N) is 1. The van der Waals surface area contributed by atoms with Crippen LogP contribution in [0.15, 0.2) is 53.4 Å². The lowest BCUT2D eigenvalue weighted by atomic mass is 10.0. The molecular weight excluding hydrogens is 346 g/mol. The summed E-state index contributed by atoms with van der Waals surface area (Å²) in [4.78, 5) is 12.6. The van der Waals surface area contributed by atoms with Gasteiger partial charge in [-0.25, -0.2) is 8.42 Å². The summed E-state index contributed by atoms with van der Waals surface area (Å²) in [6, 6.07) is 14.6. The summed E-state index contributed by atoms with van der Waals surface area (Å²) < 4.78 is 23.0. The lowest BCUT2D eigenvalue weighted by Crippen LogP contribution is -2.28. The molecule has 0 fully saturated rings. The van der Waals surface area contributed by atoms with Crippen molar-refractivity contribution in [2.75, 3.05) is 6.26 Å². The molecule has 1 amide bonds. The summed E-state index contributed by atoms with van der Waals surface area (Å²) in [6.07, 6.45) is 2.54. The molecule has 0 aliphatic rings. The second-order valence-electron chi connectivity index (χ2n) is 7.22. The smallest absolute Gasteiger partial charge is 0.224 e. The van der Waals surface area contributed by atoms with E-state index in [4.69, 9.17) is 0 Å². The first-order valence-corrected chi connectivity index (χ1v) is 10.7. The van der Waals surface area contributed by atoms with Crippen LogP contribution < -0.4 is 5.32 Å². The van der Waals surface area contributed by atoms with Crippen molar-refractivity contribution in [3.63, 3.8) is 0 Å². The zero-order chi connectivity index (χ0) is 19.3. The molecule has 26 heavy (non-hydrogen) atoms. The van der Waals surface area contributed by atoms with E-state index in [2.05, 4.69) is 31.3 Å². The lowest BCUT2D eigenvalue weighted by Gasteiger charge is -2.15. The number of amides is 1. The molecule has 0 aliphatic carbocycles. The number of hydrogen-bond acceptors (Lipinski definition) is 3. The average molecular weight is 374 g/mol. The van der Waals surface area contributed by atoms with Crippen LogP contribution in [0.3, 0.4) is 0 Å². The Balaban J connectivity index is 1.94. The maximum Gasteiger partial charge on any atom is 0.224 e. The predicted octanol–water partition coefficient (Wildman–Crippen LogP) is 3.71. The number of carbonyl (C=O) groups is 1. The second kappa shape index (κ2) is 8.49. The normalized spacial score (nSPS) is 12.8. The largest absolute Gasteiger partial charge is 0.349 e. The SMILES string of the molecule is CC(C)Cc1ccc(CC(=O)N[C@H](C)c2ccc(S(C)(=O)=O)cc2)cc1. The highest BCUT2D eigenvalue weighted by Gasteiger charge is 2.12. The first kappa shape index (κ1) is 20.2. The molecule has 0 aromatic heterocycles. The highest BCUT2D eigenvalue weighted by atomic mass is 32.2. The summed E-state index contributed by atoms with van der Waals surface area (Å²) in [5, 5.41) is 2.96. The third-order valence-electron chi connectivity index (χ3n) is 4.22. The Morgan fingerprint density at radius 3 is 1.96 bits per heavy atom. The second-order valence-corrected chi connectivity index (χ2v) is 9.24. The maximum atomic E-state index is 12.3. The van der Waals surface area contributed by atoms with Crippen molar-refractivity contribution < 1.29 is 13.2 Å². The third-order valence-corrected chi connectivity index (χ3v) is 5.35. The van der Waals surface area contributed by atoms with E-state index < -0.39 is 9.84 Å². The van der Waals surface area contributed by atoms with E-state index >= 15 is 0 Å². The van der Waals surface area contributed by atoms with Gasteiger partial charge in [0.2, 0.25) is 5.91 Å². The zero-order valence-electron chi connectivity index (χ0n) is 15.8. The molecule has 5 heteroatoms. The van der Waals surface area contributed by atoms with Crippen LogP contribution >= 0.6 is 0 Å². The van der Waals surface area contributed by atoms with E-state index in [0.29, 0.717) is 12.3 Å². The fraction of sp³-hybridized carbons (Fsp3) is 0.381. The van der Waals surface area contributed by atoms with Crippen LogP contribution in [0.25, 0.3) is 0 Å². The van der Waals surface area contributed by atoms with Crippen LogP contribution in [0.2, 0.25) is 0 Å². The van der Waals surface area contributed by atoms with Crippen molar-refractivity contribution in [1.29, 1.82) is 0 Å². The Morgan fingerprint density at radius 2 is 1.46 bits per heavy atom. The molecule has 0 saturated carbocycles. The van der Waals surface area contributed by atoms with Gasteiger partial charge in [-0.2, -0.15) is 0 Å². The standard InChI is InChI=1S/C21H27NO3S/c1-15(2)13-17-5-7-18(8-6-17)14-21(23)22-16(3)19-9-11-20(12-10-19)26(4,24)25/h5-12,15-16H,13-14H2,1-4H3,(H,22,23)/t16-/m1/s1. The lowest BCUT2D eigenvalue weighted by molar-refractivity contribution is -0.121. The van der Waals surface area contributed by atoms with Crippen molar-refractivity contribution >= 4 is 15.7 Å². The predicted molar refractivity (Wildman–Crippen MR) is 105 cm³/mol. The fourth-order valence-electron chi connectivity index (χ4n) is 2.83. The Kier molecular flexibility index (Phi) is 6.59. The number of benzene rings is 2. The van der Waals surface area contributed by atoms with Crippen LogP contribution in [0.4, 0.5) is 0 Å². The zero-order valence-corrected chi connectivity index (χ0v) is 16.6. The van der Waals surface area contributed by atoms with Crippen LogP contribution in [-0.4, -0.2) is 20.6 Å². The molecule has 0 saturated heterocycles. The number of rotatable bonds is 7. The monoisotopic (exact) mass is 373 g/mol. The number of hydrogen-bond donors (Lipinski definition) is 1.